The number of amides is 1. The Hall–Kier alpha value is -4.14. The summed E-state index contributed by atoms with van der Waals surface area (Å²) in [7, 11) is 5.58. The summed E-state index contributed by atoms with van der Waals surface area (Å²) in [6.07, 6.45) is 8.57. The number of carbonyl (C=O) groups excluding carboxylic acids is 1. The van der Waals surface area contributed by atoms with E-state index in [-0.39, 0.29) is 17.8 Å². The molecule has 1 unspecified atom stereocenters. The lowest BCUT2D eigenvalue weighted by molar-refractivity contribution is 0.0733. The number of pyridine rings is 1. The van der Waals surface area contributed by atoms with Gasteiger partial charge in [0.25, 0.3) is 5.91 Å². The van der Waals surface area contributed by atoms with E-state index in [0.717, 1.165) is 29.7 Å². The van der Waals surface area contributed by atoms with Crippen molar-refractivity contribution in [1.82, 2.24) is 29.6 Å². The minimum atomic E-state index is -0.329. The molecular weight excluding hydrogens is 445 g/mol. The molecule has 1 atom stereocenters. The fraction of sp³-hybridized carbons (Fsp3) is 0.269. The zero-order valence-electron chi connectivity index (χ0n) is 19.9. The molecule has 0 radical (unpaired) electrons. The summed E-state index contributed by atoms with van der Waals surface area (Å²) >= 11 is 0. The van der Waals surface area contributed by atoms with Crippen LogP contribution in [0.25, 0.3) is 22.4 Å². The molecular formula is C26H26FN7O. The minimum Gasteiger partial charge on any atom is -0.347 e. The number of benzene rings is 1. The zero-order chi connectivity index (χ0) is 24.5. The lowest BCUT2D eigenvalue weighted by Gasteiger charge is -2.27. The van der Waals surface area contributed by atoms with E-state index in [2.05, 4.69) is 15.1 Å². The standard InChI is InChI=1S/C26H26FN7O/c1-32(2)26-29-15-21(17-6-4-7-20(27)12-17)24(31-26)23-8-5-11-34(23)25(35)18-9-10-28-22(13-18)19-14-30-33(3)16-19/h4,6-7,9-10,12-16,23H,5,8,11H2,1-3H3. The van der Waals surface area contributed by atoms with E-state index in [4.69, 9.17) is 4.98 Å². The number of halogens is 1. The summed E-state index contributed by atoms with van der Waals surface area (Å²) in [5.74, 6) is 0.127. The number of likely N-dealkylation sites (tertiary alicyclic amines) is 1. The topological polar surface area (TPSA) is 80.0 Å². The third-order valence-electron chi connectivity index (χ3n) is 6.18. The molecule has 5 rings (SSSR count). The van der Waals surface area contributed by atoms with Gasteiger partial charge in [-0.15, -0.1) is 0 Å². The van der Waals surface area contributed by atoms with Crippen molar-refractivity contribution in [3.8, 4) is 22.4 Å². The Labute approximate surface area is 203 Å². The first-order valence-corrected chi connectivity index (χ1v) is 11.5. The van der Waals surface area contributed by atoms with Crippen molar-refractivity contribution in [1.29, 1.82) is 0 Å². The van der Waals surface area contributed by atoms with Crippen LogP contribution < -0.4 is 4.90 Å². The Morgan fingerprint density at radius 1 is 1.11 bits per heavy atom. The van der Waals surface area contributed by atoms with E-state index < -0.39 is 0 Å². The molecule has 9 heteroatoms. The molecule has 1 aromatic carbocycles. The van der Waals surface area contributed by atoms with Crippen LogP contribution in [0.5, 0.6) is 0 Å². The number of anilines is 1. The second-order valence-corrected chi connectivity index (χ2v) is 8.86. The molecule has 0 saturated carbocycles. The smallest absolute Gasteiger partial charge is 0.254 e. The van der Waals surface area contributed by atoms with Gasteiger partial charge in [0.05, 0.1) is 23.6 Å². The van der Waals surface area contributed by atoms with Crippen LogP contribution in [0.4, 0.5) is 10.3 Å². The molecule has 0 N–H and O–H groups in total. The Bertz CT molecular complexity index is 1380. The second-order valence-electron chi connectivity index (χ2n) is 8.86. The molecule has 1 aliphatic rings. The number of hydrogen-bond donors (Lipinski definition) is 0. The normalized spacial score (nSPS) is 15.4. The molecule has 3 aromatic heterocycles. The highest BCUT2D eigenvalue weighted by Crippen LogP contribution is 2.38. The number of hydrogen-bond acceptors (Lipinski definition) is 6. The van der Waals surface area contributed by atoms with E-state index in [1.807, 2.05) is 43.2 Å². The summed E-state index contributed by atoms with van der Waals surface area (Å²) < 4.78 is 15.8. The summed E-state index contributed by atoms with van der Waals surface area (Å²) in [6, 6.07) is 9.67. The van der Waals surface area contributed by atoms with Crippen LogP contribution in [0.2, 0.25) is 0 Å². The van der Waals surface area contributed by atoms with Crippen molar-refractivity contribution in [2.45, 2.75) is 18.9 Å². The van der Waals surface area contributed by atoms with Crippen molar-refractivity contribution in [2.24, 2.45) is 7.05 Å². The summed E-state index contributed by atoms with van der Waals surface area (Å²) in [5.41, 5.74) is 4.23. The molecule has 178 valence electrons. The molecule has 1 fully saturated rings. The largest absolute Gasteiger partial charge is 0.347 e. The second kappa shape index (κ2) is 9.25. The van der Waals surface area contributed by atoms with E-state index in [1.54, 1.807) is 41.5 Å². The first kappa shape index (κ1) is 22.6. The number of carbonyl (C=O) groups is 1. The molecule has 1 aliphatic heterocycles. The summed E-state index contributed by atoms with van der Waals surface area (Å²) in [6.45, 7) is 0.609. The van der Waals surface area contributed by atoms with Gasteiger partial charge in [0.1, 0.15) is 5.82 Å². The maximum atomic E-state index is 14.0. The Morgan fingerprint density at radius 2 is 1.97 bits per heavy atom. The van der Waals surface area contributed by atoms with Gasteiger partial charge in [-0.2, -0.15) is 5.10 Å². The average molecular weight is 472 g/mol. The zero-order valence-corrected chi connectivity index (χ0v) is 19.9. The quantitative estimate of drug-likeness (QED) is 0.436. The lowest BCUT2D eigenvalue weighted by Crippen LogP contribution is -2.31. The van der Waals surface area contributed by atoms with Gasteiger partial charge in [0, 0.05) is 63.0 Å². The first-order valence-electron chi connectivity index (χ1n) is 11.5. The minimum absolute atomic E-state index is 0.0877. The van der Waals surface area contributed by atoms with E-state index in [9.17, 15) is 9.18 Å². The highest BCUT2D eigenvalue weighted by molar-refractivity contribution is 5.95. The maximum Gasteiger partial charge on any atom is 0.254 e. The molecule has 0 spiro atoms. The molecule has 1 amide bonds. The van der Waals surface area contributed by atoms with Gasteiger partial charge < -0.3 is 9.80 Å². The maximum absolute atomic E-state index is 14.0. The number of nitrogens with zero attached hydrogens (tertiary/aromatic N) is 7. The van der Waals surface area contributed by atoms with Gasteiger partial charge in [-0.3, -0.25) is 14.5 Å². The van der Waals surface area contributed by atoms with E-state index in [0.29, 0.717) is 29.3 Å². The van der Waals surface area contributed by atoms with Crippen molar-refractivity contribution in [3.63, 3.8) is 0 Å². The fourth-order valence-electron chi connectivity index (χ4n) is 4.47. The summed E-state index contributed by atoms with van der Waals surface area (Å²) in [5, 5.41) is 4.20. The lowest BCUT2D eigenvalue weighted by atomic mass is 9.99. The highest BCUT2D eigenvalue weighted by Gasteiger charge is 2.34. The van der Waals surface area contributed by atoms with Gasteiger partial charge in [0.15, 0.2) is 0 Å². The van der Waals surface area contributed by atoms with Crippen LogP contribution in [0.15, 0.2) is 61.2 Å². The third kappa shape index (κ3) is 4.49. The van der Waals surface area contributed by atoms with Gasteiger partial charge >= 0.3 is 0 Å². The van der Waals surface area contributed by atoms with Gasteiger partial charge in [-0.05, 0) is 42.7 Å². The molecule has 0 aliphatic carbocycles. The van der Waals surface area contributed by atoms with Crippen LogP contribution in [0.1, 0.15) is 34.9 Å². The van der Waals surface area contributed by atoms with Crippen molar-refractivity contribution in [3.05, 3.63) is 78.3 Å². The number of aryl methyl sites for hydroxylation is 1. The summed E-state index contributed by atoms with van der Waals surface area (Å²) in [4.78, 5) is 31.1. The van der Waals surface area contributed by atoms with Crippen LogP contribution in [0, 0.1) is 5.82 Å². The van der Waals surface area contributed by atoms with E-state index >= 15 is 0 Å². The van der Waals surface area contributed by atoms with Crippen LogP contribution in [-0.2, 0) is 7.05 Å². The average Bonchev–Trinajstić information content (AvgIpc) is 3.52. The molecule has 4 heterocycles. The molecule has 4 aromatic rings. The SMILES string of the molecule is CN(C)c1ncc(-c2cccc(F)c2)c(C2CCCN2C(=O)c2ccnc(-c3cnn(C)c3)c2)n1. The predicted molar refractivity (Wildman–Crippen MR) is 131 cm³/mol. The van der Waals surface area contributed by atoms with Crippen molar-refractivity contribution >= 4 is 11.9 Å². The Kier molecular flexibility index (Phi) is 5.98. The fourth-order valence-corrected chi connectivity index (χ4v) is 4.47. The van der Waals surface area contributed by atoms with Gasteiger partial charge in [0.2, 0.25) is 5.95 Å². The third-order valence-corrected chi connectivity index (χ3v) is 6.18. The van der Waals surface area contributed by atoms with Crippen LogP contribution in [-0.4, -0.2) is 56.2 Å². The van der Waals surface area contributed by atoms with Crippen LogP contribution in [0.3, 0.4) is 0 Å². The van der Waals surface area contributed by atoms with Crippen molar-refractivity contribution in [2.75, 3.05) is 25.5 Å². The first-order chi connectivity index (χ1) is 16.9. The molecule has 0 bridgehead atoms. The molecule has 1 saturated heterocycles. The van der Waals surface area contributed by atoms with Crippen LogP contribution >= 0.6 is 0 Å². The monoisotopic (exact) mass is 471 g/mol. The molecule has 8 nitrogen and oxygen atoms in total. The van der Waals surface area contributed by atoms with Crippen molar-refractivity contribution < 1.29 is 9.18 Å². The predicted octanol–water partition coefficient (Wildman–Crippen LogP) is 4.12. The van der Waals surface area contributed by atoms with Gasteiger partial charge in [-0.25, -0.2) is 14.4 Å². The number of rotatable bonds is 5. The molecule has 35 heavy (non-hydrogen) atoms. The highest BCUT2D eigenvalue weighted by atomic mass is 19.1. The Morgan fingerprint density at radius 3 is 2.71 bits per heavy atom. The van der Waals surface area contributed by atoms with Gasteiger partial charge in [-0.1, -0.05) is 12.1 Å². The van der Waals surface area contributed by atoms with E-state index in [1.165, 1.54) is 12.1 Å². The Balaban J connectivity index is 1.53. The number of aromatic nitrogens is 5.